The molecule has 0 aliphatic rings. The minimum absolute atomic E-state index is 0.0693. The molecule has 0 spiro atoms. The van der Waals surface area contributed by atoms with Gasteiger partial charge in [0.05, 0.1) is 16.0 Å². The SMILES string of the molecule is Nc1oc2c(F)nc(F)c(-c3ccc(F)c(Cl)c3)c2c1N. The molecule has 3 aromatic rings. The van der Waals surface area contributed by atoms with Gasteiger partial charge in [-0.2, -0.15) is 13.8 Å². The molecule has 0 fully saturated rings. The Bertz CT molecular complexity index is 879. The zero-order valence-corrected chi connectivity index (χ0v) is 11.0. The predicted octanol–water partition coefficient (Wildman–Crippen LogP) is 3.73. The number of pyridine rings is 1. The lowest BCUT2D eigenvalue weighted by molar-refractivity contribution is 0.501. The molecule has 1 aromatic carbocycles. The minimum atomic E-state index is -1.18. The molecule has 4 N–H and O–H groups in total. The van der Waals surface area contributed by atoms with Crippen LogP contribution in [0, 0.1) is 17.7 Å². The Hall–Kier alpha value is -2.41. The van der Waals surface area contributed by atoms with Crippen molar-refractivity contribution in [3.63, 3.8) is 0 Å². The van der Waals surface area contributed by atoms with Crippen molar-refractivity contribution < 1.29 is 17.6 Å². The number of nitrogens with two attached hydrogens (primary N) is 2. The molecule has 0 saturated heterocycles. The highest BCUT2D eigenvalue weighted by molar-refractivity contribution is 6.31. The number of hydrogen-bond acceptors (Lipinski definition) is 4. The Balaban J connectivity index is 2.43. The lowest BCUT2D eigenvalue weighted by atomic mass is 10.0. The molecule has 0 saturated carbocycles. The largest absolute Gasteiger partial charge is 0.434 e. The van der Waals surface area contributed by atoms with Gasteiger partial charge in [-0.25, -0.2) is 4.39 Å². The molecule has 2 aromatic heterocycles. The van der Waals surface area contributed by atoms with Crippen molar-refractivity contribution in [1.82, 2.24) is 4.98 Å². The topological polar surface area (TPSA) is 78.1 Å². The Labute approximate surface area is 121 Å². The normalized spacial score (nSPS) is 11.2. The first kappa shape index (κ1) is 13.6. The lowest BCUT2D eigenvalue weighted by Crippen LogP contribution is -1.97. The van der Waals surface area contributed by atoms with Crippen LogP contribution < -0.4 is 11.5 Å². The monoisotopic (exact) mass is 313 g/mol. The van der Waals surface area contributed by atoms with E-state index >= 15 is 0 Å². The Morgan fingerprint density at radius 2 is 1.81 bits per heavy atom. The number of fused-ring (bicyclic) bond motifs is 1. The summed E-state index contributed by atoms with van der Waals surface area (Å²) in [5, 5.41) is -0.292. The van der Waals surface area contributed by atoms with E-state index in [2.05, 4.69) is 4.98 Å². The van der Waals surface area contributed by atoms with E-state index in [1.165, 1.54) is 12.1 Å². The molecule has 3 rings (SSSR count). The minimum Gasteiger partial charge on any atom is -0.434 e. The van der Waals surface area contributed by atoms with Crippen LogP contribution in [0.25, 0.3) is 22.1 Å². The first-order valence-corrected chi connectivity index (χ1v) is 6.05. The molecule has 0 amide bonds. The van der Waals surface area contributed by atoms with Gasteiger partial charge in [-0.1, -0.05) is 17.7 Å². The second-order valence-electron chi connectivity index (χ2n) is 4.28. The summed E-state index contributed by atoms with van der Waals surface area (Å²) < 4.78 is 45.9. The zero-order valence-electron chi connectivity index (χ0n) is 10.3. The van der Waals surface area contributed by atoms with Crippen LogP contribution >= 0.6 is 11.6 Å². The van der Waals surface area contributed by atoms with E-state index in [-0.39, 0.29) is 38.7 Å². The van der Waals surface area contributed by atoms with Crippen LogP contribution in [0.4, 0.5) is 24.7 Å². The van der Waals surface area contributed by atoms with Gasteiger partial charge >= 0.3 is 0 Å². The number of nitrogen functional groups attached to an aromatic ring is 2. The molecule has 4 nitrogen and oxygen atoms in total. The van der Waals surface area contributed by atoms with Gasteiger partial charge in [-0.15, -0.1) is 0 Å². The first-order chi connectivity index (χ1) is 9.90. The van der Waals surface area contributed by atoms with E-state index < -0.39 is 17.7 Å². The number of hydrogen-bond donors (Lipinski definition) is 2. The Morgan fingerprint density at radius 1 is 1.10 bits per heavy atom. The highest BCUT2D eigenvalue weighted by Crippen LogP contribution is 2.40. The van der Waals surface area contributed by atoms with Crippen molar-refractivity contribution in [3.8, 4) is 11.1 Å². The smallest absolute Gasteiger partial charge is 0.259 e. The van der Waals surface area contributed by atoms with E-state index in [1.54, 1.807) is 0 Å². The van der Waals surface area contributed by atoms with Gasteiger partial charge in [0.1, 0.15) is 11.5 Å². The van der Waals surface area contributed by atoms with Crippen LogP contribution in [0.5, 0.6) is 0 Å². The molecule has 2 heterocycles. The Kier molecular flexibility index (Phi) is 2.94. The predicted molar refractivity (Wildman–Crippen MR) is 73.2 cm³/mol. The van der Waals surface area contributed by atoms with Crippen LogP contribution in [0.3, 0.4) is 0 Å². The van der Waals surface area contributed by atoms with Gasteiger partial charge in [0, 0.05) is 0 Å². The summed E-state index contributed by atoms with van der Waals surface area (Å²) in [7, 11) is 0. The number of aromatic nitrogens is 1. The average molecular weight is 314 g/mol. The second kappa shape index (κ2) is 4.56. The average Bonchev–Trinajstić information content (AvgIpc) is 2.71. The number of anilines is 2. The summed E-state index contributed by atoms with van der Waals surface area (Å²) in [5.74, 6) is -3.24. The van der Waals surface area contributed by atoms with E-state index in [4.69, 9.17) is 27.5 Å². The lowest BCUT2D eigenvalue weighted by Gasteiger charge is -2.06. The Morgan fingerprint density at radius 3 is 2.48 bits per heavy atom. The number of benzene rings is 1. The molecule has 21 heavy (non-hydrogen) atoms. The van der Waals surface area contributed by atoms with Gasteiger partial charge in [-0.3, -0.25) is 0 Å². The highest BCUT2D eigenvalue weighted by Gasteiger charge is 2.23. The summed E-state index contributed by atoms with van der Waals surface area (Å²) >= 11 is 5.67. The van der Waals surface area contributed by atoms with Crippen LogP contribution in [0.15, 0.2) is 22.6 Å². The summed E-state index contributed by atoms with van der Waals surface area (Å²) in [5.41, 5.74) is 10.7. The van der Waals surface area contributed by atoms with Gasteiger partial charge in [-0.05, 0) is 17.7 Å². The van der Waals surface area contributed by atoms with Gasteiger partial charge in [0.15, 0.2) is 5.58 Å². The van der Waals surface area contributed by atoms with Gasteiger partial charge in [0.25, 0.3) is 5.95 Å². The van der Waals surface area contributed by atoms with Crippen molar-refractivity contribution in [2.75, 3.05) is 11.5 Å². The quantitative estimate of drug-likeness (QED) is 0.671. The van der Waals surface area contributed by atoms with Crippen molar-refractivity contribution in [2.24, 2.45) is 0 Å². The van der Waals surface area contributed by atoms with Crippen molar-refractivity contribution in [3.05, 3.63) is 40.9 Å². The number of furan rings is 1. The van der Waals surface area contributed by atoms with Gasteiger partial charge in [0.2, 0.25) is 11.8 Å². The van der Waals surface area contributed by atoms with Crippen LogP contribution in [0.2, 0.25) is 5.02 Å². The molecule has 0 unspecified atom stereocenters. The van der Waals surface area contributed by atoms with Gasteiger partial charge < -0.3 is 15.9 Å². The molecule has 0 radical (unpaired) electrons. The van der Waals surface area contributed by atoms with E-state index in [0.717, 1.165) is 6.07 Å². The van der Waals surface area contributed by atoms with Crippen molar-refractivity contribution >= 4 is 34.1 Å². The molecule has 0 bridgehead atoms. The third kappa shape index (κ3) is 1.97. The maximum atomic E-state index is 14.1. The zero-order chi connectivity index (χ0) is 15.3. The fourth-order valence-corrected chi connectivity index (χ4v) is 2.25. The van der Waals surface area contributed by atoms with E-state index in [1.807, 2.05) is 0 Å². The second-order valence-corrected chi connectivity index (χ2v) is 4.69. The molecule has 0 aliphatic carbocycles. The summed E-state index contributed by atoms with van der Waals surface area (Å²) in [6.07, 6.45) is 0. The number of rotatable bonds is 1. The summed E-state index contributed by atoms with van der Waals surface area (Å²) in [6, 6.07) is 3.49. The van der Waals surface area contributed by atoms with Crippen molar-refractivity contribution in [2.45, 2.75) is 0 Å². The fourth-order valence-electron chi connectivity index (χ4n) is 2.07. The van der Waals surface area contributed by atoms with E-state index in [9.17, 15) is 13.2 Å². The third-order valence-corrected chi connectivity index (χ3v) is 3.31. The van der Waals surface area contributed by atoms with Crippen LogP contribution in [0.1, 0.15) is 0 Å². The van der Waals surface area contributed by atoms with Crippen LogP contribution in [-0.4, -0.2) is 4.98 Å². The molecule has 8 heteroatoms. The van der Waals surface area contributed by atoms with E-state index in [0.29, 0.717) is 0 Å². The highest BCUT2D eigenvalue weighted by atomic mass is 35.5. The third-order valence-electron chi connectivity index (χ3n) is 3.02. The van der Waals surface area contributed by atoms with Crippen LogP contribution in [-0.2, 0) is 0 Å². The maximum Gasteiger partial charge on any atom is 0.259 e. The molecular formula is C13H7ClF3N3O. The fraction of sp³-hybridized carbons (Fsp3) is 0. The summed E-state index contributed by atoms with van der Waals surface area (Å²) in [4.78, 5) is 3.11. The summed E-state index contributed by atoms with van der Waals surface area (Å²) in [6.45, 7) is 0. The molecular weight excluding hydrogens is 307 g/mol. The number of halogens is 4. The molecule has 0 atom stereocenters. The number of nitrogens with zero attached hydrogens (tertiary/aromatic N) is 1. The first-order valence-electron chi connectivity index (χ1n) is 5.68. The van der Waals surface area contributed by atoms with Crippen molar-refractivity contribution in [1.29, 1.82) is 0 Å². The standard InChI is InChI=1S/C13H7ClF3N3O/c14-5-3-4(1-2-6(5)15)7-8-9(18)13(19)21-10(8)12(17)20-11(7)16/h1-3H,18-19H2. The molecule has 0 aliphatic heterocycles. The maximum absolute atomic E-state index is 14.1. The molecule has 108 valence electrons.